The molecule has 3 N–H and O–H groups in total. The highest BCUT2D eigenvalue weighted by Gasteiger charge is 2.46. The predicted octanol–water partition coefficient (Wildman–Crippen LogP) is 7.75. The van der Waals surface area contributed by atoms with E-state index >= 15 is 4.39 Å². The maximum absolute atomic E-state index is 16.6. The molecule has 4 aliphatic rings. The number of carbonyl (C=O) groups excluding carboxylic acids is 2. The molecule has 1 spiro atoms. The Balaban J connectivity index is 1.17. The molecule has 1 aromatic carbocycles. The summed E-state index contributed by atoms with van der Waals surface area (Å²) < 4.78 is 24.2. The molecule has 1 saturated carbocycles. The number of rotatable bonds is 6. The van der Waals surface area contributed by atoms with Crippen molar-refractivity contribution in [3.8, 4) is 22.6 Å². The monoisotopic (exact) mass is 744 g/mol. The van der Waals surface area contributed by atoms with Gasteiger partial charge in [0, 0.05) is 56.0 Å². The zero-order valence-electron chi connectivity index (χ0n) is 32.2. The van der Waals surface area contributed by atoms with Gasteiger partial charge in [0.1, 0.15) is 16.9 Å². The molecular formula is C43H49FN8O3. The fourth-order valence-electron chi connectivity index (χ4n) is 8.61. The Kier molecular flexibility index (Phi) is 9.05. The van der Waals surface area contributed by atoms with Crippen molar-refractivity contribution in [2.24, 2.45) is 11.3 Å². The standard InChI is InChI=1S/C43H49FN8O3/c1-27-12-13-29(14-15-32(27)43(18-8-19-43)49-40(54)55-41(3,4)5)52-38(31-10-7-22-46-37(31)45)48-34-17-16-33(47-39(34)52)30-9-6-11-35(36(30)44)50-23-20-42(21-24-50)25-51(26-42)28(2)53/h6-7,9-17,22,27H,8,18-21,23-26H2,1-5H3,(H2,45,46)(H,49,54). The van der Waals surface area contributed by atoms with E-state index in [0.29, 0.717) is 45.3 Å². The van der Waals surface area contributed by atoms with Crippen molar-refractivity contribution in [1.29, 1.82) is 0 Å². The Morgan fingerprint density at radius 1 is 0.982 bits per heavy atom. The molecule has 8 rings (SSSR count). The van der Waals surface area contributed by atoms with E-state index in [-0.39, 0.29) is 23.1 Å². The van der Waals surface area contributed by atoms with Crippen LogP contribution in [0.15, 0.2) is 78.5 Å². The zero-order chi connectivity index (χ0) is 38.7. The molecule has 55 heavy (non-hydrogen) atoms. The number of imidazole rings is 1. The van der Waals surface area contributed by atoms with Gasteiger partial charge in [0.15, 0.2) is 17.3 Å². The highest BCUT2D eigenvalue weighted by molar-refractivity contribution is 5.88. The van der Waals surface area contributed by atoms with Gasteiger partial charge in [-0.05, 0) is 113 Å². The third-order valence-corrected chi connectivity index (χ3v) is 11.7. The van der Waals surface area contributed by atoms with Crippen LogP contribution in [0, 0.1) is 17.2 Å². The molecule has 0 bridgehead atoms. The van der Waals surface area contributed by atoms with Crippen LogP contribution in [0.1, 0.15) is 66.7 Å². The number of halogens is 1. The van der Waals surface area contributed by atoms with Crippen LogP contribution >= 0.6 is 0 Å². The SMILES string of the molecule is CC(=O)N1CC2(CCN(c3cccc(-c4ccc5nc(-c6cccnc6N)n(C6=CC=C(C7(NC(=O)OC(C)(C)C)CCC7)C(C)C=C6)c5n4)c3F)CC2)C1. The van der Waals surface area contributed by atoms with E-state index in [9.17, 15) is 9.59 Å². The minimum Gasteiger partial charge on any atom is -0.444 e. The number of amides is 2. The minimum atomic E-state index is -0.609. The number of likely N-dealkylation sites (tertiary alicyclic amines) is 1. The van der Waals surface area contributed by atoms with Crippen molar-refractivity contribution < 1.29 is 18.7 Å². The second-order valence-corrected chi connectivity index (χ2v) is 16.7. The molecule has 2 aliphatic heterocycles. The molecule has 12 heteroatoms. The van der Waals surface area contributed by atoms with E-state index in [1.807, 2.05) is 78.8 Å². The normalized spacial score (nSPS) is 20.3. The smallest absolute Gasteiger partial charge is 0.408 e. The summed E-state index contributed by atoms with van der Waals surface area (Å²) in [7, 11) is 0. The van der Waals surface area contributed by atoms with Crippen molar-refractivity contribution in [2.45, 2.75) is 77.9 Å². The van der Waals surface area contributed by atoms with E-state index in [0.717, 1.165) is 69.6 Å². The molecule has 2 saturated heterocycles. The van der Waals surface area contributed by atoms with Gasteiger partial charge in [0.2, 0.25) is 5.91 Å². The van der Waals surface area contributed by atoms with Crippen LogP contribution in [0.25, 0.3) is 39.5 Å². The molecule has 2 aliphatic carbocycles. The van der Waals surface area contributed by atoms with Crippen LogP contribution in [-0.2, 0) is 9.53 Å². The number of allylic oxidation sites excluding steroid dienone is 5. The Morgan fingerprint density at radius 3 is 2.40 bits per heavy atom. The van der Waals surface area contributed by atoms with Gasteiger partial charge in [0.25, 0.3) is 0 Å². The summed E-state index contributed by atoms with van der Waals surface area (Å²) in [4.78, 5) is 43.3. The molecule has 1 atom stereocenters. The van der Waals surface area contributed by atoms with Crippen LogP contribution in [-0.4, -0.2) is 73.7 Å². The van der Waals surface area contributed by atoms with E-state index in [2.05, 4.69) is 34.3 Å². The summed E-state index contributed by atoms with van der Waals surface area (Å²) in [6.07, 6.45) is 14.0. The lowest BCUT2D eigenvalue weighted by molar-refractivity contribution is -0.142. The molecule has 5 heterocycles. The highest BCUT2D eigenvalue weighted by Crippen LogP contribution is 2.45. The summed E-state index contributed by atoms with van der Waals surface area (Å²) in [6.45, 7) is 12.4. The molecule has 286 valence electrons. The lowest BCUT2D eigenvalue weighted by Gasteiger charge is -2.54. The van der Waals surface area contributed by atoms with E-state index in [4.69, 9.17) is 20.4 Å². The molecular weight excluding hydrogens is 696 g/mol. The molecule has 3 aromatic heterocycles. The number of anilines is 2. The summed E-state index contributed by atoms with van der Waals surface area (Å²) in [6, 6.07) is 12.9. The van der Waals surface area contributed by atoms with Crippen molar-refractivity contribution in [3.05, 3.63) is 84.4 Å². The van der Waals surface area contributed by atoms with Crippen molar-refractivity contribution >= 4 is 40.4 Å². The van der Waals surface area contributed by atoms with E-state index in [1.165, 1.54) is 0 Å². The number of aromatic nitrogens is 4. The fraction of sp³-hybridized carbons (Fsp3) is 0.419. The van der Waals surface area contributed by atoms with Gasteiger partial charge >= 0.3 is 6.09 Å². The third kappa shape index (κ3) is 6.76. The second-order valence-electron chi connectivity index (χ2n) is 16.7. The van der Waals surface area contributed by atoms with E-state index < -0.39 is 17.2 Å². The topological polar surface area (TPSA) is 132 Å². The first-order chi connectivity index (χ1) is 26.2. The second kappa shape index (κ2) is 13.6. The number of nitrogens with zero attached hydrogens (tertiary/aromatic N) is 6. The van der Waals surface area contributed by atoms with Crippen LogP contribution in [0.3, 0.4) is 0 Å². The third-order valence-electron chi connectivity index (χ3n) is 11.7. The maximum atomic E-state index is 16.6. The molecule has 2 amide bonds. The summed E-state index contributed by atoms with van der Waals surface area (Å²) >= 11 is 0. The van der Waals surface area contributed by atoms with Crippen molar-refractivity contribution in [3.63, 3.8) is 0 Å². The van der Waals surface area contributed by atoms with Gasteiger partial charge in [-0.2, -0.15) is 0 Å². The Morgan fingerprint density at radius 2 is 1.73 bits per heavy atom. The van der Waals surface area contributed by atoms with Crippen molar-refractivity contribution in [2.75, 3.05) is 36.8 Å². The summed E-state index contributed by atoms with van der Waals surface area (Å²) in [5.41, 5.74) is 10.6. The number of pyridine rings is 2. The Labute approximate surface area is 321 Å². The number of nitrogen functional groups attached to an aromatic ring is 1. The van der Waals surface area contributed by atoms with Crippen LogP contribution < -0.4 is 16.0 Å². The number of ether oxygens (including phenoxy) is 1. The first-order valence-electron chi connectivity index (χ1n) is 19.3. The highest BCUT2D eigenvalue weighted by atomic mass is 19.1. The average molecular weight is 745 g/mol. The first kappa shape index (κ1) is 36.5. The quantitative estimate of drug-likeness (QED) is 0.205. The molecule has 1 unspecified atom stereocenters. The average Bonchev–Trinajstić information content (AvgIpc) is 3.37. The minimum absolute atomic E-state index is 0.00747. The van der Waals surface area contributed by atoms with Gasteiger partial charge in [0.05, 0.1) is 22.5 Å². The summed E-state index contributed by atoms with van der Waals surface area (Å²) in [5, 5.41) is 3.21. The van der Waals surface area contributed by atoms with Gasteiger partial charge in [-0.1, -0.05) is 25.1 Å². The maximum Gasteiger partial charge on any atom is 0.408 e. The van der Waals surface area contributed by atoms with Crippen molar-refractivity contribution in [1.82, 2.24) is 29.7 Å². The number of fused-ring (bicyclic) bond motifs is 1. The number of nitrogens with one attached hydrogen (secondary N) is 1. The number of hydrogen-bond acceptors (Lipinski definition) is 8. The number of nitrogens with two attached hydrogens (primary N) is 1. The predicted molar refractivity (Wildman–Crippen MR) is 213 cm³/mol. The van der Waals surface area contributed by atoms with Crippen LogP contribution in [0.5, 0.6) is 0 Å². The Hall–Kier alpha value is -5.52. The number of piperidine rings is 1. The van der Waals surface area contributed by atoms with Gasteiger partial charge in [-0.15, -0.1) is 0 Å². The van der Waals surface area contributed by atoms with Gasteiger partial charge in [-0.3, -0.25) is 9.36 Å². The Bertz CT molecular complexity index is 2260. The van der Waals surface area contributed by atoms with Crippen LogP contribution in [0.2, 0.25) is 0 Å². The zero-order valence-corrected chi connectivity index (χ0v) is 32.2. The number of carbonyl (C=O) groups is 2. The fourth-order valence-corrected chi connectivity index (χ4v) is 8.61. The number of hydrogen-bond donors (Lipinski definition) is 2. The molecule has 11 nitrogen and oxygen atoms in total. The van der Waals surface area contributed by atoms with Gasteiger partial charge < -0.3 is 25.6 Å². The van der Waals surface area contributed by atoms with E-state index in [1.54, 1.807) is 19.2 Å². The lowest BCUT2D eigenvalue weighted by Crippen LogP contribution is -2.61. The summed E-state index contributed by atoms with van der Waals surface area (Å²) in [5.74, 6) is 0.700. The largest absolute Gasteiger partial charge is 0.444 e. The van der Waals surface area contributed by atoms with Crippen LogP contribution in [0.4, 0.5) is 20.7 Å². The number of alkyl carbamates (subject to hydrolysis) is 1. The lowest BCUT2D eigenvalue weighted by atomic mass is 9.68. The molecule has 4 aromatic rings. The van der Waals surface area contributed by atoms with Gasteiger partial charge in [-0.25, -0.2) is 24.1 Å². The number of benzene rings is 1. The molecule has 3 fully saturated rings. The molecule has 0 radical (unpaired) electrons. The first-order valence-corrected chi connectivity index (χ1v) is 19.3.